The van der Waals surface area contributed by atoms with Crippen LogP contribution in [0.2, 0.25) is 0 Å². The molecule has 0 bridgehead atoms. The molecule has 0 atom stereocenters. The molecule has 0 aliphatic rings. The molecular weight excluding hydrogens is 320 g/mol. The summed E-state index contributed by atoms with van der Waals surface area (Å²) in [6.07, 6.45) is 5.99. The molecule has 22 heavy (non-hydrogen) atoms. The predicted molar refractivity (Wildman–Crippen MR) is 95.8 cm³/mol. The second kappa shape index (κ2) is 10.4. The van der Waals surface area contributed by atoms with Gasteiger partial charge in [0.2, 0.25) is 0 Å². The molecule has 0 aromatic carbocycles. The first-order valence-corrected chi connectivity index (χ1v) is 8.74. The van der Waals surface area contributed by atoms with E-state index < -0.39 is 9.49 Å². The van der Waals surface area contributed by atoms with Crippen LogP contribution in [0.1, 0.15) is 66.2 Å². The Kier molecular flexibility index (Phi) is 10.3. The van der Waals surface area contributed by atoms with E-state index in [0.29, 0.717) is 13.2 Å². The Labute approximate surface area is 145 Å². The molecule has 0 rings (SSSR count). The van der Waals surface area contributed by atoms with Gasteiger partial charge in [-0.15, -0.1) is 0 Å². The third-order valence-corrected chi connectivity index (χ3v) is 3.37. The Morgan fingerprint density at radius 1 is 0.682 bits per heavy atom. The molecule has 0 heterocycles. The minimum Gasteiger partial charge on any atom is -0.465 e. The van der Waals surface area contributed by atoms with E-state index in [2.05, 4.69) is 25.3 Å². The number of unbranched alkanes of at least 4 members (excludes halogenated alkanes) is 5. The van der Waals surface area contributed by atoms with Crippen LogP contribution in [0.5, 0.6) is 0 Å². The molecule has 6 heteroatoms. The largest absolute Gasteiger partial charge is 0.465 e. The molecule has 0 fully saturated rings. The number of ether oxygens (including phenoxy) is 2. The van der Waals surface area contributed by atoms with Gasteiger partial charge in [-0.2, -0.15) is 25.3 Å². The Morgan fingerprint density at radius 3 is 1.23 bits per heavy atom. The summed E-state index contributed by atoms with van der Waals surface area (Å²) < 4.78 is 8.81. The number of carbonyl (C=O) groups excluding carboxylic acids is 2. The number of thiol groups is 2. The molecule has 0 spiro atoms. The van der Waals surface area contributed by atoms with Crippen LogP contribution in [0.15, 0.2) is 0 Å². The van der Waals surface area contributed by atoms with Crippen LogP contribution in [0.3, 0.4) is 0 Å². The highest BCUT2D eigenvalue weighted by Gasteiger charge is 2.24. The van der Waals surface area contributed by atoms with Crippen LogP contribution in [0.25, 0.3) is 0 Å². The zero-order chi connectivity index (χ0) is 17.2. The van der Waals surface area contributed by atoms with Crippen molar-refractivity contribution in [2.24, 2.45) is 0 Å². The molecule has 4 nitrogen and oxygen atoms in total. The van der Waals surface area contributed by atoms with E-state index in [1.165, 1.54) is 0 Å². The number of rotatable bonds is 11. The van der Waals surface area contributed by atoms with E-state index in [-0.39, 0.29) is 11.9 Å². The van der Waals surface area contributed by atoms with Crippen molar-refractivity contribution in [1.82, 2.24) is 0 Å². The lowest BCUT2D eigenvalue weighted by molar-refractivity contribution is -0.146. The molecule has 0 saturated carbocycles. The van der Waals surface area contributed by atoms with Gasteiger partial charge in [0.1, 0.15) is 9.49 Å². The van der Waals surface area contributed by atoms with Gasteiger partial charge in [-0.3, -0.25) is 9.59 Å². The van der Waals surface area contributed by atoms with Crippen molar-refractivity contribution in [3.63, 3.8) is 0 Å². The van der Waals surface area contributed by atoms with Gasteiger partial charge in [-0.05, 0) is 40.5 Å². The van der Waals surface area contributed by atoms with Gasteiger partial charge in [0.05, 0.1) is 13.2 Å². The summed E-state index contributed by atoms with van der Waals surface area (Å²) in [5.41, 5.74) is 0. The van der Waals surface area contributed by atoms with Crippen LogP contribution in [0.4, 0.5) is 0 Å². The zero-order valence-electron chi connectivity index (χ0n) is 14.2. The van der Waals surface area contributed by atoms with Gasteiger partial charge in [0.15, 0.2) is 0 Å². The lowest BCUT2D eigenvalue weighted by Gasteiger charge is -2.15. The van der Waals surface area contributed by atoms with Crippen LogP contribution < -0.4 is 0 Å². The number of hydrogen-bond acceptors (Lipinski definition) is 6. The second-order valence-electron chi connectivity index (χ2n) is 6.51. The molecule has 130 valence electrons. The molecule has 0 aromatic heterocycles. The molecule has 0 aliphatic heterocycles. The predicted octanol–water partition coefficient (Wildman–Crippen LogP) is 3.83. The standard InChI is InChI=1S/C16H30O4S2/c1-15(2,21)13(17)19-11-9-7-5-6-8-10-12-20-14(18)16(3,4)22/h21-22H,5-12H2,1-4H3. The van der Waals surface area contributed by atoms with E-state index in [4.69, 9.17) is 9.47 Å². The zero-order valence-corrected chi connectivity index (χ0v) is 16.0. The van der Waals surface area contributed by atoms with Gasteiger partial charge in [-0.1, -0.05) is 25.7 Å². The maximum atomic E-state index is 11.5. The molecule has 0 amide bonds. The highest BCUT2D eigenvalue weighted by atomic mass is 32.1. The molecule has 0 aliphatic carbocycles. The van der Waals surface area contributed by atoms with Crippen molar-refractivity contribution in [3.8, 4) is 0 Å². The average molecular weight is 351 g/mol. The fraction of sp³-hybridized carbons (Fsp3) is 0.875. The van der Waals surface area contributed by atoms with Gasteiger partial charge in [0.25, 0.3) is 0 Å². The first kappa shape index (κ1) is 21.6. The van der Waals surface area contributed by atoms with E-state index in [9.17, 15) is 9.59 Å². The Hall–Kier alpha value is -0.360. The quantitative estimate of drug-likeness (QED) is 0.338. The van der Waals surface area contributed by atoms with Gasteiger partial charge < -0.3 is 9.47 Å². The summed E-state index contributed by atoms with van der Waals surface area (Å²) in [6, 6.07) is 0. The lowest BCUT2D eigenvalue weighted by atomic mass is 10.1. The first-order valence-electron chi connectivity index (χ1n) is 7.84. The smallest absolute Gasteiger partial charge is 0.321 e. The van der Waals surface area contributed by atoms with Crippen LogP contribution in [-0.2, 0) is 19.1 Å². The summed E-state index contributed by atoms with van der Waals surface area (Å²) in [5, 5.41) is 0. The molecule has 0 unspecified atom stereocenters. The molecular formula is C16H30O4S2. The monoisotopic (exact) mass is 350 g/mol. The van der Waals surface area contributed by atoms with Gasteiger partial charge in [-0.25, -0.2) is 0 Å². The van der Waals surface area contributed by atoms with Crippen molar-refractivity contribution < 1.29 is 19.1 Å². The minimum atomic E-state index is -0.723. The fourth-order valence-corrected chi connectivity index (χ4v) is 1.72. The summed E-state index contributed by atoms with van der Waals surface area (Å²) in [7, 11) is 0. The summed E-state index contributed by atoms with van der Waals surface area (Å²) >= 11 is 8.32. The van der Waals surface area contributed by atoms with Crippen molar-refractivity contribution in [3.05, 3.63) is 0 Å². The van der Waals surface area contributed by atoms with Crippen molar-refractivity contribution in [2.45, 2.75) is 75.7 Å². The van der Waals surface area contributed by atoms with Crippen LogP contribution >= 0.6 is 25.3 Å². The number of carbonyl (C=O) groups is 2. The van der Waals surface area contributed by atoms with Crippen molar-refractivity contribution >= 4 is 37.2 Å². The highest BCUT2D eigenvalue weighted by Crippen LogP contribution is 2.15. The van der Waals surface area contributed by atoms with Crippen LogP contribution in [0, 0.1) is 0 Å². The Balaban J connectivity index is 3.38. The fourth-order valence-electron chi connectivity index (χ4n) is 1.59. The summed E-state index contributed by atoms with van der Waals surface area (Å²) in [6.45, 7) is 7.80. The van der Waals surface area contributed by atoms with Gasteiger partial charge in [0, 0.05) is 0 Å². The van der Waals surface area contributed by atoms with Crippen molar-refractivity contribution in [2.75, 3.05) is 13.2 Å². The second-order valence-corrected chi connectivity index (χ2v) is 8.75. The summed E-state index contributed by atoms with van der Waals surface area (Å²) in [5.74, 6) is -0.547. The van der Waals surface area contributed by atoms with Crippen molar-refractivity contribution in [1.29, 1.82) is 0 Å². The van der Waals surface area contributed by atoms with E-state index in [1.807, 2.05) is 0 Å². The topological polar surface area (TPSA) is 52.6 Å². The van der Waals surface area contributed by atoms with E-state index in [0.717, 1.165) is 38.5 Å². The number of esters is 2. The number of hydrogen-bond donors (Lipinski definition) is 2. The Bertz CT molecular complexity index is 309. The molecule has 0 aromatic rings. The summed E-state index contributed by atoms with van der Waals surface area (Å²) in [4.78, 5) is 22.9. The average Bonchev–Trinajstić information content (AvgIpc) is 2.38. The first-order chi connectivity index (χ1) is 10.0. The van der Waals surface area contributed by atoms with E-state index >= 15 is 0 Å². The van der Waals surface area contributed by atoms with Gasteiger partial charge >= 0.3 is 11.9 Å². The molecule has 0 N–H and O–H groups in total. The minimum absolute atomic E-state index is 0.273. The highest BCUT2D eigenvalue weighted by molar-refractivity contribution is 7.82. The SMILES string of the molecule is CC(C)(S)C(=O)OCCCCCCCCOC(=O)C(C)(C)S. The lowest BCUT2D eigenvalue weighted by Crippen LogP contribution is -2.27. The van der Waals surface area contributed by atoms with Crippen LogP contribution in [-0.4, -0.2) is 34.6 Å². The molecule has 0 radical (unpaired) electrons. The third kappa shape index (κ3) is 11.2. The Morgan fingerprint density at radius 2 is 0.955 bits per heavy atom. The van der Waals surface area contributed by atoms with E-state index in [1.54, 1.807) is 27.7 Å². The maximum Gasteiger partial charge on any atom is 0.321 e. The molecule has 0 saturated heterocycles. The third-order valence-electron chi connectivity index (χ3n) is 3.00. The normalized spacial score (nSPS) is 12.1. The maximum absolute atomic E-state index is 11.5.